The summed E-state index contributed by atoms with van der Waals surface area (Å²) in [6.07, 6.45) is 4.90. The van der Waals surface area contributed by atoms with Crippen LogP contribution in [0, 0.1) is 5.92 Å². The zero-order valence-corrected chi connectivity index (χ0v) is 13.2. The Morgan fingerprint density at radius 1 is 1.13 bits per heavy atom. The van der Waals surface area contributed by atoms with E-state index in [1.165, 1.54) is 38.8 Å². The highest BCUT2D eigenvalue weighted by Gasteiger charge is 2.60. The Hall–Kier alpha value is -1.75. The highest BCUT2D eigenvalue weighted by atomic mass is 16.6. The Bertz CT molecular complexity index is 648. The quantitative estimate of drug-likeness (QED) is 0.904. The third-order valence-corrected chi connectivity index (χ3v) is 6.07. The number of fused-ring (bicyclic) bond motifs is 3. The summed E-state index contributed by atoms with van der Waals surface area (Å²) >= 11 is 0. The minimum Gasteiger partial charge on any atom is -0.486 e. The van der Waals surface area contributed by atoms with Gasteiger partial charge in [0, 0.05) is 11.1 Å². The van der Waals surface area contributed by atoms with E-state index in [-0.39, 0.29) is 11.4 Å². The van der Waals surface area contributed by atoms with Gasteiger partial charge in [0.15, 0.2) is 11.5 Å². The van der Waals surface area contributed by atoms with Crippen molar-refractivity contribution in [2.24, 2.45) is 5.92 Å². The van der Waals surface area contributed by atoms with Crippen molar-refractivity contribution in [1.29, 1.82) is 0 Å². The molecule has 1 atom stereocenters. The molecule has 5 aliphatic rings. The Morgan fingerprint density at radius 3 is 2.61 bits per heavy atom. The molecule has 122 valence electrons. The molecule has 2 bridgehead atoms. The van der Waals surface area contributed by atoms with Gasteiger partial charge < -0.3 is 14.8 Å². The van der Waals surface area contributed by atoms with E-state index in [0.29, 0.717) is 36.5 Å². The SMILES string of the molecule is O=C(N[C@@H]1C2CCN(CC2)C12CC2)c1ccc2c(c1)OCCO2. The van der Waals surface area contributed by atoms with E-state index in [4.69, 9.17) is 9.47 Å². The number of nitrogens with zero attached hydrogens (tertiary/aromatic N) is 1. The van der Waals surface area contributed by atoms with Gasteiger partial charge in [-0.3, -0.25) is 9.69 Å². The van der Waals surface area contributed by atoms with Crippen LogP contribution in [0.1, 0.15) is 36.0 Å². The lowest BCUT2D eigenvalue weighted by atomic mass is 9.77. The maximum absolute atomic E-state index is 12.8. The van der Waals surface area contributed by atoms with Gasteiger partial charge >= 0.3 is 0 Å². The summed E-state index contributed by atoms with van der Waals surface area (Å²) in [5.74, 6) is 2.07. The molecule has 1 saturated carbocycles. The molecule has 1 aliphatic carbocycles. The van der Waals surface area contributed by atoms with Crippen molar-refractivity contribution in [1.82, 2.24) is 10.2 Å². The van der Waals surface area contributed by atoms with Crippen LogP contribution < -0.4 is 14.8 Å². The molecule has 1 aromatic rings. The van der Waals surface area contributed by atoms with Crippen LogP contribution in [0.15, 0.2) is 18.2 Å². The van der Waals surface area contributed by atoms with Crippen molar-refractivity contribution < 1.29 is 14.3 Å². The van der Waals surface area contributed by atoms with Crippen LogP contribution in [0.5, 0.6) is 11.5 Å². The van der Waals surface area contributed by atoms with Gasteiger partial charge in [-0.1, -0.05) is 0 Å². The van der Waals surface area contributed by atoms with E-state index in [0.717, 1.165) is 5.75 Å². The number of piperidine rings is 3. The average Bonchev–Trinajstić information content (AvgIpc) is 3.39. The van der Waals surface area contributed by atoms with Crippen molar-refractivity contribution >= 4 is 5.91 Å². The van der Waals surface area contributed by atoms with Gasteiger partial charge in [0.25, 0.3) is 5.91 Å². The topological polar surface area (TPSA) is 50.8 Å². The first-order valence-electron chi connectivity index (χ1n) is 8.72. The molecular weight excluding hydrogens is 292 g/mol. The van der Waals surface area contributed by atoms with Crippen LogP contribution in [0.25, 0.3) is 0 Å². The number of hydrogen-bond acceptors (Lipinski definition) is 4. The smallest absolute Gasteiger partial charge is 0.251 e. The molecule has 3 saturated heterocycles. The second-order valence-electron chi connectivity index (χ2n) is 7.24. The van der Waals surface area contributed by atoms with E-state index in [2.05, 4.69) is 10.2 Å². The first kappa shape index (κ1) is 13.7. The summed E-state index contributed by atoms with van der Waals surface area (Å²) in [4.78, 5) is 15.4. The molecular formula is C18H22N2O3. The predicted molar refractivity (Wildman–Crippen MR) is 84.9 cm³/mol. The summed E-state index contributed by atoms with van der Waals surface area (Å²) in [5, 5.41) is 3.35. The van der Waals surface area contributed by atoms with Crippen LogP contribution in [0.3, 0.4) is 0 Å². The van der Waals surface area contributed by atoms with Gasteiger partial charge in [-0.05, 0) is 62.9 Å². The Kier molecular flexibility index (Phi) is 2.89. The molecule has 5 heteroatoms. The number of carbonyl (C=O) groups is 1. The van der Waals surface area contributed by atoms with E-state index >= 15 is 0 Å². The maximum Gasteiger partial charge on any atom is 0.251 e. The largest absolute Gasteiger partial charge is 0.486 e. The van der Waals surface area contributed by atoms with Crippen LogP contribution in [-0.4, -0.2) is 48.7 Å². The molecule has 6 rings (SSSR count). The highest BCUT2D eigenvalue weighted by molar-refractivity contribution is 5.95. The average molecular weight is 314 g/mol. The Morgan fingerprint density at radius 2 is 1.87 bits per heavy atom. The van der Waals surface area contributed by atoms with Crippen molar-refractivity contribution in [3.63, 3.8) is 0 Å². The first-order chi connectivity index (χ1) is 11.3. The summed E-state index contributed by atoms with van der Waals surface area (Å²) in [5.41, 5.74) is 0.937. The number of benzene rings is 1. The fourth-order valence-corrected chi connectivity index (χ4v) is 4.73. The van der Waals surface area contributed by atoms with Gasteiger partial charge in [0.05, 0.1) is 6.04 Å². The third kappa shape index (κ3) is 2.06. The van der Waals surface area contributed by atoms with Crippen molar-refractivity contribution in [3.8, 4) is 11.5 Å². The monoisotopic (exact) mass is 314 g/mol. The molecule has 4 heterocycles. The molecule has 1 amide bonds. The molecule has 1 spiro atoms. The number of rotatable bonds is 2. The zero-order chi connectivity index (χ0) is 15.4. The highest BCUT2D eigenvalue weighted by Crippen LogP contribution is 2.53. The van der Waals surface area contributed by atoms with Crippen LogP contribution in [0.2, 0.25) is 0 Å². The van der Waals surface area contributed by atoms with Crippen LogP contribution in [-0.2, 0) is 0 Å². The van der Waals surface area contributed by atoms with Crippen LogP contribution in [0.4, 0.5) is 0 Å². The number of amides is 1. The lowest BCUT2D eigenvalue weighted by Crippen LogP contribution is -2.65. The van der Waals surface area contributed by atoms with Gasteiger partial charge in [-0.2, -0.15) is 0 Å². The molecule has 5 nitrogen and oxygen atoms in total. The fraction of sp³-hybridized carbons (Fsp3) is 0.611. The summed E-state index contributed by atoms with van der Waals surface area (Å²) < 4.78 is 11.1. The van der Waals surface area contributed by atoms with Crippen molar-refractivity contribution in [2.45, 2.75) is 37.3 Å². The van der Waals surface area contributed by atoms with Crippen LogP contribution >= 0.6 is 0 Å². The number of ether oxygens (including phenoxy) is 2. The third-order valence-electron chi connectivity index (χ3n) is 6.07. The van der Waals surface area contributed by atoms with Crippen molar-refractivity contribution in [3.05, 3.63) is 23.8 Å². The number of hydrogen-bond donors (Lipinski definition) is 1. The Labute approximate surface area is 135 Å². The van der Waals surface area contributed by atoms with E-state index in [9.17, 15) is 4.79 Å². The summed E-state index contributed by atoms with van der Waals surface area (Å²) in [7, 11) is 0. The molecule has 23 heavy (non-hydrogen) atoms. The van der Waals surface area contributed by atoms with Gasteiger partial charge in [-0.25, -0.2) is 0 Å². The number of nitrogens with one attached hydrogen (secondary N) is 1. The van der Waals surface area contributed by atoms with E-state index in [1.807, 2.05) is 18.2 Å². The molecule has 0 aromatic heterocycles. The van der Waals surface area contributed by atoms with E-state index < -0.39 is 0 Å². The molecule has 0 radical (unpaired) electrons. The van der Waals surface area contributed by atoms with Gasteiger partial charge in [-0.15, -0.1) is 0 Å². The second-order valence-corrected chi connectivity index (χ2v) is 7.24. The maximum atomic E-state index is 12.8. The second kappa shape index (κ2) is 4.87. The van der Waals surface area contributed by atoms with Crippen molar-refractivity contribution in [2.75, 3.05) is 26.3 Å². The first-order valence-corrected chi connectivity index (χ1v) is 8.72. The lowest BCUT2D eigenvalue weighted by molar-refractivity contribution is -0.00145. The number of carbonyl (C=O) groups excluding carboxylic acids is 1. The Balaban J connectivity index is 1.37. The van der Waals surface area contributed by atoms with E-state index in [1.54, 1.807) is 0 Å². The lowest BCUT2D eigenvalue weighted by Gasteiger charge is -2.52. The standard InChI is InChI=1S/C18H22N2O3/c21-17(13-1-2-14-15(11-13)23-10-9-22-14)19-16-12-3-7-20(8-4-12)18(16)5-6-18/h1-2,11-12,16H,3-10H2,(H,19,21)/t16-/m1/s1. The minimum absolute atomic E-state index is 0.0204. The molecule has 1 N–H and O–H groups in total. The fourth-order valence-electron chi connectivity index (χ4n) is 4.73. The summed E-state index contributed by atoms with van der Waals surface area (Å²) in [6, 6.07) is 5.80. The van der Waals surface area contributed by atoms with Gasteiger partial charge in [0.1, 0.15) is 13.2 Å². The molecule has 1 aromatic carbocycles. The minimum atomic E-state index is 0.0204. The normalized spacial score (nSPS) is 32.6. The molecule has 4 fully saturated rings. The summed E-state index contributed by atoms with van der Waals surface area (Å²) in [6.45, 7) is 3.53. The molecule has 4 aliphatic heterocycles. The zero-order valence-electron chi connectivity index (χ0n) is 13.2. The van der Waals surface area contributed by atoms with Gasteiger partial charge in [0.2, 0.25) is 0 Å². The molecule has 0 unspecified atom stereocenters. The predicted octanol–water partition coefficient (Wildman–Crippen LogP) is 1.81.